The lowest BCUT2D eigenvalue weighted by molar-refractivity contribution is 0.00699. The molecule has 3 aliphatic rings. The van der Waals surface area contributed by atoms with E-state index in [4.69, 9.17) is 5.73 Å². The summed E-state index contributed by atoms with van der Waals surface area (Å²) < 4.78 is 0. The summed E-state index contributed by atoms with van der Waals surface area (Å²) in [7, 11) is 0. The van der Waals surface area contributed by atoms with Crippen LogP contribution in [0.4, 0.5) is 0 Å². The molecule has 0 saturated carbocycles. The number of rotatable bonds is 2. The largest absolute Gasteiger partial charge is 0.329 e. The normalized spacial score (nSPS) is 40.3. The Balaban J connectivity index is 1.74. The molecule has 3 saturated heterocycles. The topological polar surface area (TPSA) is 32.5 Å². The fraction of sp³-hybridized carbons (Fsp3) is 1.00. The summed E-state index contributed by atoms with van der Waals surface area (Å²) in [6, 6.07) is 0.812. The fourth-order valence-electron chi connectivity index (χ4n) is 4.40. The number of fused-ring (bicyclic) bond motifs is 1. The summed E-state index contributed by atoms with van der Waals surface area (Å²) >= 11 is 2.12. The van der Waals surface area contributed by atoms with Gasteiger partial charge in [-0.3, -0.25) is 9.80 Å². The summed E-state index contributed by atoms with van der Waals surface area (Å²) in [6.07, 6.45) is 4.07. The lowest BCUT2D eigenvalue weighted by Crippen LogP contribution is -2.65. The molecule has 0 bridgehead atoms. The molecule has 19 heavy (non-hydrogen) atoms. The lowest BCUT2D eigenvalue weighted by Gasteiger charge is -2.53. The molecule has 0 amide bonds. The zero-order valence-electron chi connectivity index (χ0n) is 12.5. The summed E-state index contributed by atoms with van der Waals surface area (Å²) in [6.45, 7) is 10.7. The molecule has 3 aliphatic heterocycles. The van der Waals surface area contributed by atoms with Crippen molar-refractivity contribution in [2.45, 2.75) is 44.7 Å². The van der Waals surface area contributed by atoms with Crippen molar-refractivity contribution in [3.63, 3.8) is 0 Å². The Kier molecular flexibility index (Phi) is 3.89. The van der Waals surface area contributed by atoms with Crippen molar-refractivity contribution in [1.82, 2.24) is 9.80 Å². The molecule has 0 aromatic heterocycles. The van der Waals surface area contributed by atoms with Crippen LogP contribution in [0, 0.1) is 5.41 Å². The molecule has 0 radical (unpaired) electrons. The molecule has 4 heteroatoms. The highest BCUT2D eigenvalue weighted by Crippen LogP contribution is 2.42. The molecule has 0 spiro atoms. The van der Waals surface area contributed by atoms with Gasteiger partial charge in [0.2, 0.25) is 0 Å². The van der Waals surface area contributed by atoms with Crippen LogP contribution in [0.25, 0.3) is 0 Å². The third kappa shape index (κ3) is 2.69. The fourth-order valence-corrected chi connectivity index (χ4v) is 5.93. The Hall–Kier alpha value is 0.230. The highest BCUT2D eigenvalue weighted by Gasteiger charge is 2.46. The Morgan fingerprint density at radius 1 is 1.21 bits per heavy atom. The third-order valence-corrected chi connectivity index (χ3v) is 7.04. The van der Waals surface area contributed by atoms with Crippen LogP contribution in [0.3, 0.4) is 0 Å². The molecule has 3 heterocycles. The molecule has 2 atom stereocenters. The van der Waals surface area contributed by atoms with Crippen LogP contribution >= 0.6 is 11.8 Å². The van der Waals surface area contributed by atoms with Gasteiger partial charge in [-0.2, -0.15) is 11.8 Å². The Bertz CT molecular complexity index is 333. The summed E-state index contributed by atoms with van der Waals surface area (Å²) in [5.74, 6) is 2.53. The smallest absolute Gasteiger partial charge is 0.0428 e. The highest BCUT2D eigenvalue weighted by atomic mass is 32.2. The summed E-state index contributed by atoms with van der Waals surface area (Å²) in [4.78, 5) is 5.45. The van der Waals surface area contributed by atoms with Gasteiger partial charge < -0.3 is 5.73 Å². The first kappa shape index (κ1) is 14.2. The molecular formula is C15H29N3S. The van der Waals surface area contributed by atoms with Gasteiger partial charge in [0.25, 0.3) is 0 Å². The minimum absolute atomic E-state index is 0.265. The van der Waals surface area contributed by atoms with E-state index < -0.39 is 0 Å². The second-order valence-electron chi connectivity index (χ2n) is 7.54. The maximum absolute atomic E-state index is 6.26. The van der Waals surface area contributed by atoms with Gasteiger partial charge in [0.15, 0.2) is 0 Å². The standard InChI is InChI=1S/C15H29N3S/c1-14(2)9-15(10-16,12-19-11-14)18-7-6-17-5-3-4-13(17)8-18/h13H,3-12,16H2,1-2H3. The minimum Gasteiger partial charge on any atom is -0.329 e. The molecule has 3 nitrogen and oxygen atoms in total. The average Bonchev–Trinajstić information content (AvgIpc) is 2.84. The predicted molar refractivity (Wildman–Crippen MR) is 83.7 cm³/mol. The van der Waals surface area contributed by atoms with Crippen LogP contribution in [0.2, 0.25) is 0 Å². The van der Waals surface area contributed by atoms with Gasteiger partial charge in [-0.15, -0.1) is 0 Å². The number of hydrogen-bond acceptors (Lipinski definition) is 4. The average molecular weight is 283 g/mol. The van der Waals surface area contributed by atoms with E-state index in [1.807, 2.05) is 0 Å². The summed E-state index contributed by atoms with van der Waals surface area (Å²) in [5.41, 5.74) is 6.96. The van der Waals surface area contributed by atoms with Gasteiger partial charge >= 0.3 is 0 Å². The molecule has 110 valence electrons. The SMILES string of the molecule is CC1(C)CSCC(CN)(N2CCN3CCCC3C2)C1. The zero-order chi connectivity index (χ0) is 13.5. The number of nitrogens with zero attached hydrogens (tertiary/aromatic N) is 2. The van der Waals surface area contributed by atoms with E-state index >= 15 is 0 Å². The van der Waals surface area contributed by atoms with Crippen LogP contribution in [-0.2, 0) is 0 Å². The molecule has 3 rings (SSSR count). The maximum Gasteiger partial charge on any atom is 0.0428 e. The van der Waals surface area contributed by atoms with E-state index in [2.05, 4.69) is 35.4 Å². The molecule has 3 fully saturated rings. The lowest BCUT2D eigenvalue weighted by atomic mass is 9.78. The second kappa shape index (κ2) is 5.21. The number of nitrogens with two attached hydrogens (primary N) is 1. The van der Waals surface area contributed by atoms with Gasteiger partial charge in [-0.05, 0) is 37.0 Å². The monoisotopic (exact) mass is 283 g/mol. The van der Waals surface area contributed by atoms with Crippen molar-refractivity contribution < 1.29 is 0 Å². The van der Waals surface area contributed by atoms with Crippen LogP contribution in [-0.4, -0.2) is 65.6 Å². The zero-order valence-corrected chi connectivity index (χ0v) is 13.3. The number of thioether (sulfide) groups is 1. The predicted octanol–water partition coefficient (Wildman–Crippen LogP) is 1.63. The molecule has 0 aromatic rings. The van der Waals surface area contributed by atoms with E-state index in [1.165, 1.54) is 56.9 Å². The van der Waals surface area contributed by atoms with Crippen molar-refractivity contribution in [1.29, 1.82) is 0 Å². The van der Waals surface area contributed by atoms with E-state index in [0.29, 0.717) is 5.41 Å². The minimum atomic E-state index is 0.265. The first-order valence-electron chi connectivity index (χ1n) is 7.82. The quantitative estimate of drug-likeness (QED) is 0.835. The van der Waals surface area contributed by atoms with E-state index in [1.54, 1.807) is 0 Å². The maximum atomic E-state index is 6.26. The molecule has 2 unspecified atom stereocenters. The molecule has 0 aliphatic carbocycles. The molecule has 0 aromatic carbocycles. The second-order valence-corrected chi connectivity index (χ2v) is 8.53. The van der Waals surface area contributed by atoms with Crippen molar-refractivity contribution in [3.05, 3.63) is 0 Å². The van der Waals surface area contributed by atoms with E-state index in [0.717, 1.165) is 12.6 Å². The van der Waals surface area contributed by atoms with Crippen LogP contribution < -0.4 is 5.73 Å². The Morgan fingerprint density at radius 3 is 2.79 bits per heavy atom. The Labute approximate surface area is 122 Å². The number of piperazine rings is 1. The van der Waals surface area contributed by atoms with Crippen LogP contribution in [0.15, 0.2) is 0 Å². The van der Waals surface area contributed by atoms with E-state index in [-0.39, 0.29) is 5.54 Å². The van der Waals surface area contributed by atoms with E-state index in [9.17, 15) is 0 Å². The number of hydrogen-bond donors (Lipinski definition) is 1. The summed E-state index contributed by atoms with van der Waals surface area (Å²) in [5, 5.41) is 0. The Morgan fingerprint density at radius 2 is 2.05 bits per heavy atom. The highest BCUT2D eigenvalue weighted by molar-refractivity contribution is 7.99. The van der Waals surface area contributed by atoms with Gasteiger partial charge in [0, 0.05) is 43.5 Å². The molecule has 2 N–H and O–H groups in total. The van der Waals surface area contributed by atoms with Crippen molar-refractivity contribution in [2.24, 2.45) is 11.1 Å². The van der Waals surface area contributed by atoms with Crippen molar-refractivity contribution in [2.75, 3.05) is 44.2 Å². The first-order valence-corrected chi connectivity index (χ1v) is 8.97. The first-order chi connectivity index (χ1) is 9.05. The third-order valence-electron chi connectivity index (χ3n) is 5.31. The van der Waals surface area contributed by atoms with Crippen molar-refractivity contribution in [3.8, 4) is 0 Å². The van der Waals surface area contributed by atoms with Gasteiger partial charge in [-0.25, -0.2) is 0 Å². The van der Waals surface area contributed by atoms with Gasteiger partial charge in [-0.1, -0.05) is 13.8 Å². The van der Waals surface area contributed by atoms with Gasteiger partial charge in [0.1, 0.15) is 0 Å². The van der Waals surface area contributed by atoms with Crippen LogP contribution in [0.5, 0.6) is 0 Å². The van der Waals surface area contributed by atoms with Crippen molar-refractivity contribution >= 4 is 11.8 Å². The molecular weight excluding hydrogens is 254 g/mol. The van der Waals surface area contributed by atoms with Crippen LogP contribution in [0.1, 0.15) is 33.1 Å². The van der Waals surface area contributed by atoms with Gasteiger partial charge in [0.05, 0.1) is 0 Å².